The summed E-state index contributed by atoms with van der Waals surface area (Å²) in [4.78, 5) is 0. The third kappa shape index (κ3) is 2.91. The first-order chi connectivity index (χ1) is 7.28. The Bertz CT molecular complexity index is 231. The van der Waals surface area contributed by atoms with E-state index in [1.54, 1.807) is 6.92 Å². The highest BCUT2D eigenvalue weighted by molar-refractivity contribution is 4.90. The van der Waals surface area contributed by atoms with E-state index in [0.29, 0.717) is 0 Å². The van der Waals surface area contributed by atoms with Gasteiger partial charge in [-0.15, -0.1) is 0 Å². The van der Waals surface area contributed by atoms with E-state index in [1.807, 2.05) is 0 Å². The summed E-state index contributed by atoms with van der Waals surface area (Å²) in [6, 6.07) is 0. The lowest BCUT2D eigenvalue weighted by molar-refractivity contribution is -0.300. The van der Waals surface area contributed by atoms with Gasteiger partial charge < -0.3 is 30.3 Å². The van der Waals surface area contributed by atoms with E-state index in [-0.39, 0.29) is 6.42 Å². The van der Waals surface area contributed by atoms with E-state index in [4.69, 9.17) is 9.84 Å². The van der Waals surface area contributed by atoms with Crippen molar-refractivity contribution in [2.45, 2.75) is 50.5 Å². The zero-order valence-corrected chi connectivity index (χ0v) is 9.45. The first kappa shape index (κ1) is 13.8. The zero-order chi connectivity index (χ0) is 12.5. The molecule has 96 valence electrons. The summed E-state index contributed by atoms with van der Waals surface area (Å²) >= 11 is 0. The summed E-state index contributed by atoms with van der Waals surface area (Å²) in [5.41, 5.74) is 0. The smallest absolute Gasteiger partial charge is 0.165 e. The highest BCUT2D eigenvalue weighted by Gasteiger charge is 2.45. The Morgan fingerprint density at radius 1 is 1.44 bits per heavy atom. The van der Waals surface area contributed by atoms with Gasteiger partial charge in [0.05, 0.1) is 18.8 Å². The van der Waals surface area contributed by atoms with Crippen LogP contribution in [-0.2, 0) is 4.74 Å². The molecule has 0 spiro atoms. The van der Waals surface area contributed by atoms with Crippen molar-refractivity contribution in [3.05, 3.63) is 0 Å². The molecule has 6 unspecified atom stereocenters. The van der Waals surface area contributed by atoms with Crippen LogP contribution in [0.1, 0.15) is 20.3 Å². The fourth-order valence-corrected chi connectivity index (χ4v) is 1.95. The first-order valence-electron chi connectivity index (χ1n) is 5.33. The van der Waals surface area contributed by atoms with E-state index in [2.05, 4.69) is 0 Å². The summed E-state index contributed by atoms with van der Waals surface area (Å²) < 4.78 is 5.22. The van der Waals surface area contributed by atoms with Gasteiger partial charge in [0.15, 0.2) is 5.79 Å². The van der Waals surface area contributed by atoms with Crippen LogP contribution in [-0.4, -0.2) is 62.3 Å². The van der Waals surface area contributed by atoms with Crippen molar-refractivity contribution in [3.63, 3.8) is 0 Å². The fourth-order valence-electron chi connectivity index (χ4n) is 1.95. The lowest BCUT2D eigenvalue weighted by Gasteiger charge is -2.44. The highest BCUT2D eigenvalue weighted by atomic mass is 16.6. The van der Waals surface area contributed by atoms with Gasteiger partial charge in [-0.1, -0.05) is 6.92 Å². The minimum Gasteiger partial charge on any atom is -0.394 e. The van der Waals surface area contributed by atoms with E-state index >= 15 is 0 Å². The molecule has 16 heavy (non-hydrogen) atoms. The van der Waals surface area contributed by atoms with Crippen LogP contribution in [0.3, 0.4) is 0 Å². The van der Waals surface area contributed by atoms with Crippen molar-refractivity contribution in [2.24, 2.45) is 5.92 Å². The Morgan fingerprint density at radius 3 is 2.50 bits per heavy atom. The SMILES string of the molecule is CC1C(O)CC(C)(O)OC1C(O)C(O)CO. The standard InChI is InChI=1S/C10H20O6/c1-5-6(12)3-10(2,15)16-9(5)8(14)7(13)4-11/h5-9,11-15H,3-4H2,1-2H3. The van der Waals surface area contributed by atoms with Gasteiger partial charge in [-0.25, -0.2) is 0 Å². The molecule has 1 saturated heterocycles. The summed E-state index contributed by atoms with van der Waals surface area (Å²) in [5, 5.41) is 47.1. The van der Waals surface area contributed by atoms with Crippen molar-refractivity contribution in [1.82, 2.24) is 0 Å². The zero-order valence-electron chi connectivity index (χ0n) is 9.45. The Hall–Kier alpha value is -0.240. The highest BCUT2D eigenvalue weighted by Crippen LogP contribution is 2.33. The van der Waals surface area contributed by atoms with Gasteiger partial charge in [-0.05, 0) is 6.92 Å². The lowest BCUT2D eigenvalue weighted by Crippen LogP contribution is -2.56. The van der Waals surface area contributed by atoms with Gasteiger partial charge in [0.2, 0.25) is 0 Å². The second-order valence-corrected chi connectivity index (χ2v) is 4.63. The molecule has 6 nitrogen and oxygen atoms in total. The number of hydrogen-bond acceptors (Lipinski definition) is 6. The fraction of sp³-hybridized carbons (Fsp3) is 1.00. The summed E-state index contributed by atoms with van der Waals surface area (Å²) in [5.74, 6) is -1.97. The predicted octanol–water partition coefficient (Wildman–Crippen LogP) is -1.81. The third-order valence-corrected chi connectivity index (χ3v) is 3.02. The van der Waals surface area contributed by atoms with Gasteiger partial charge in [0.1, 0.15) is 12.2 Å². The summed E-state index contributed by atoms with van der Waals surface area (Å²) in [6.45, 7) is 2.43. The van der Waals surface area contributed by atoms with Crippen molar-refractivity contribution in [1.29, 1.82) is 0 Å². The molecule has 0 aromatic carbocycles. The van der Waals surface area contributed by atoms with Crippen LogP contribution in [0.4, 0.5) is 0 Å². The molecule has 0 aromatic rings. The predicted molar refractivity (Wildman–Crippen MR) is 54.4 cm³/mol. The minimum atomic E-state index is -1.53. The maximum absolute atomic E-state index is 9.71. The second-order valence-electron chi connectivity index (χ2n) is 4.63. The van der Waals surface area contributed by atoms with Gasteiger partial charge in [0.25, 0.3) is 0 Å². The lowest BCUT2D eigenvalue weighted by atomic mass is 9.85. The molecular weight excluding hydrogens is 216 g/mol. The number of aliphatic hydroxyl groups is 5. The molecule has 0 bridgehead atoms. The van der Waals surface area contributed by atoms with Gasteiger partial charge in [-0.3, -0.25) is 0 Å². The number of ether oxygens (including phenoxy) is 1. The van der Waals surface area contributed by atoms with E-state index < -0.39 is 42.7 Å². The average Bonchev–Trinajstić information content (AvgIpc) is 2.20. The Morgan fingerprint density at radius 2 is 2.00 bits per heavy atom. The second kappa shape index (κ2) is 4.95. The number of rotatable bonds is 3. The maximum atomic E-state index is 9.71. The molecule has 6 heteroatoms. The van der Waals surface area contributed by atoms with Crippen LogP contribution < -0.4 is 0 Å². The van der Waals surface area contributed by atoms with Gasteiger partial charge in [0, 0.05) is 12.3 Å². The van der Waals surface area contributed by atoms with Crippen LogP contribution in [0.15, 0.2) is 0 Å². The molecule has 1 aliphatic rings. The van der Waals surface area contributed by atoms with Crippen molar-refractivity contribution in [3.8, 4) is 0 Å². The monoisotopic (exact) mass is 236 g/mol. The molecule has 0 saturated carbocycles. The van der Waals surface area contributed by atoms with Crippen LogP contribution in [0.25, 0.3) is 0 Å². The summed E-state index contributed by atoms with van der Waals surface area (Å²) in [7, 11) is 0. The van der Waals surface area contributed by atoms with E-state index in [0.717, 1.165) is 0 Å². The van der Waals surface area contributed by atoms with Crippen molar-refractivity contribution >= 4 is 0 Å². The molecule has 6 atom stereocenters. The largest absolute Gasteiger partial charge is 0.394 e. The molecule has 1 aliphatic heterocycles. The molecule has 5 N–H and O–H groups in total. The van der Waals surface area contributed by atoms with Crippen LogP contribution >= 0.6 is 0 Å². The average molecular weight is 236 g/mol. The summed E-state index contributed by atoms with van der Waals surface area (Å²) in [6.07, 6.45) is -4.39. The Kier molecular flexibility index (Phi) is 4.28. The molecule has 1 rings (SSSR count). The Balaban J connectivity index is 2.77. The quantitative estimate of drug-likeness (QED) is 0.395. The van der Waals surface area contributed by atoms with Gasteiger partial charge in [-0.2, -0.15) is 0 Å². The minimum absolute atomic E-state index is 0.0482. The molecule has 0 aliphatic carbocycles. The third-order valence-electron chi connectivity index (χ3n) is 3.02. The molecule has 1 fully saturated rings. The molecule has 0 radical (unpaired) electrons. The molecule has 0 aromatic heterocycles. The number of aliphatic hydroxyl groups excluding tert-OH is 4. The topological polar surface area (TPSA) is 110 Å². The molecule has 0 amide bonds. The van der Waals surface area contributed by atoms with Crippen molar-refractivity contribution in [2.75, 3.05) is 6.61 Å². The number of hydrogen-bond donors (Lipinski definition) is 5. The van der Waals surface area contributed by atoms with Crippen LogP contribution in [0.5, 0.6) is 0 Å². The van der Waals surface area contributed by atoms with E-state index in [9.17, 15) is 20.4 Å². The first-order valence-corrected chi connectivity index (χ1v) is 5.33. The van der Waals surface area contributed by atoms with Crippen LogP contribution in [0.2, 0.25) is 0 Å². The Labute approximate surface area is 94.1 Å². The van der Waals surface area contributed by atoms with Gasteiger partial charge >= 0.3 is 0 Å². The molecule has 1 heterocycles. The molecular formula is C10H20O6. The normalized spacial score (nSPS) is 44.1. The van der Waals surface area contributed by atoms with Crippen LogP contribution in [0, 0.1) is 5.92 Å². The van der Waals surface area contributed by atoms with Crippen molar-refractivity contribution < 1.29 is 30.3 Å². The maximum Gasteiger partial charge on any atom is 0.165 e. The van der Waals surface area contributed by atoms with E-state index in [1.165, 1.54) is 6.92 Å².